The number of aliphatic hydroxyl groups is 1. The first-order valence-electron chi connectivity index (χ1n) is 9.14. The second kappa shape index (κ2) is 9.05. The van der Waals surface area contributed by atoms with Gasteiger partial charge in [-0.1, -0.05) is 18.2 Å². The molecule has 2 atom stereocenters. The molecular weight excluding hydrogens is 360 g/mol. The zero-order valence-electron chi connectivity index (χ0n) is 16.1. The number of ether oxygens (including phenoxy) is 3. The molecule has 1 amide bonds. The summed E-state index contributed by atoms with van der Waals surface area (Å²) in [4.78, 5) is 13.5. The first-order valence-corrected chi connectivity index (χ1v) is 9.14. The number of morpholine rings is 1. The highest BCUT2D eigenvalue weighted by Gasteiger charge is 2.33. The third-order valence-electron chi connectivity index (χ3n) is 5.01. The van der Waals surface area contributed by atoms with Gasteiger partial charge < -0.3 is 25.1 Å². The van der Waals surface area contributed by atoms with E-state index in [2.05, 4.69) is 4.90 Å². The number of aliphatic hydroxyl groups excluding tert-OH is 1. The van der Waals surface area contributed by atoms with E-state index in [1.165, 1.54) is 0 Å². The third-order valence-corrected chi connectivity index (χ3v) is 5.01. The summed E-state index contributed by atoms with van der Waals surface area (Å²) in [5.41, 5.74) is 7.83. The maximum atomic E-state index is 11.3. The quantitative estimate of drug-likeness (QED) is 0.753. The fourth-order valence-electron chi connectivity index (χ4n) is 3.59. The van der Waals surface area contributed by atoms with Crippen LogP contribution < -0.4 is 15.2 Å². The predicted octanol–water partition coefficient (Wildman–Crippen LogP) is 1.74. The minimum atomic E-state index is -0.443. The van der Waals surface area contributed by atoms with Gasteiger partial charge in [0.05, 0.1) is 33.5 Å². The number of hydrogen-bond donors (Lipinski definition) is 2. The number of carbonyl (C=O) groups excluding carboxylic acids is 1. The van der Waals surface area contributed by atoms with Crippen molar-refractivity contribution in [1.82, 2.24) is 4.90 Å². The molecule has 28 heavy (non-hydrogen) atoms. The Morgan fingerprint density at radius 3 is 2.50 bits per heavy atom. The third kappa shape index (κ3) is 4.27. The van der Waals surface area contributed by atoms with Crippen LogP contribution in [-0.2, 0) is 11.3 Å². The van der Waals surface area contributed by atoms with Gasteiger partial charge >= 0.3 is 0 Å². The second-order valence-corrected chi connectivity index (χ2v) is 6.68. The van der Waals surface area contributed by atoms with Gasteiger partial charge in [0.1, 0.15) is 6.10 Å². The molecule has 1 fully saturated rings. The summed E-state index contributed by atoms with van der Waals surface area (Å²) in [6.45, 7) is 1.81. The number of nitrogens with two attached hydrogens (primary N) is 1. The molecule has 1 heterocycles. The Morgan fingerprint density at radius 1 is 1.18 bits per heavy atom. The van der Waals surface area contributed by atoms with Gasteiger partial charge in [-0.3, -0.25) is 9.69 Å². The van der Waals surface area contributed by atoms with Crippen molar-refractivity contribution in [2.45, 2.75) is 18.7 Å². The van der Waals surface area contributed by atoms with E-state index in [9.17, 15) is 9.90 Å². The van der Waals surface area contributed by atoms with Crippen LogP contribution in [0.25, 0.3) is 0 Å². The zero-order chi connectivity index (χ0) is 20.1. The molecule has 150 valence electrons. The van der Waals surface area contributed by atoms with Crippen molar-refractivity contribution >= 4 is 5.91 Å². The molecule has 1 aliphatic rings. The van der Waals surface area contributed by atoms with Crippen LogP contribution in [0, 0.1) is 0 Å². The Balaban J connectivity index is 1.89. The number of nitrogens with zero attached hydrogens (tertiary/aromatic N) is 1. The van der Waals surface area contributed by atoms with E-state index in [-0.39, 0.29) is 18.8 Å². The smallest absolute Gasteiger partial charge is 0.248 e. The number of primary amides is 1. The molecule has 0 radical (unpaired) electrons. The molecule has 0 saturated carbocycles. The maximum Gasteiger partial charge on any atom is 0.248 e. The van der Waals surface area contributed by atoms with Crippen LogP contribution in [0.1, 0.15) is 27.5 Å². The van der Waals surface area contributed by atoms with Crippen LogP contribution >= 0.6 is 0 Å². The van der Waals surface area contributed by atoms with Crippen LogP contribution in [0.5, 0.6) is 11.5 Å². The van der Waals surface area contributed by atoms with Crippen molar-refractivity contribution in [1.29, 1.82) is 0 Å². The lowest BCUT2D eigenvalue weighted by molar-refractivity contribution is -0.0961. The Labute approximate surface area is 164 Å². The van der Waals surface area contributed by atoms with Gasteiger partial charge in [0, 0.05) is 18.7 Å². The Morgan fingerprint density at radius 2 is 1.89 bits per heavy atom. The average Bonchev–Trinajstić information content (AvgIpc) is 2.73. The number of benzene rings is 2. The fraction of sp³-hybridized carbons (Fsp3) is 0.381. The molecule has 3 rings (SSSR count). The van der Waals surface area contributed by atoms with Gasteiger partial charge in [0.15, 0.2) is 11.5 Å². The minimum Gasteiger partial charge on any atom is -0.493 e. The van der Waals surface area contributed by atoms with Crippen molar-refractivity contribution in [2.24, 2.45) is 5.73 Å². The molecule has 1 saturated heterocycles. The number of hydrogen-bond acceptors (Lipinski definition) is 6. The molecule has 2 aromatic rings. The first kappa shape index (κ1) is 20.1. The fourth-order valence-corrected chi connectivity index (χ4v) is 3.59. The Kier molecular flexibility index (Phi) is 6.51. The summed E-state index contributed by atoms with van der Waals surface area (Å²) >= 11 is 0. The average molecular weight is 386 g/mol. The van der Waals surface area contributed by atoms with E-state index >= 15 is 0 Å². The van der Waals surface area contributed by atoms with E-state index in [1.807, 2.05) is 30.3 Å². The molecule has 0 unspecified atom stereocenters. The summed E-state index contributed by atoms with van der Waals surface area (Å²) in [7, 11) is 3.19. The molecule has 0 spiro atoms. The van der Waals surface area contributed by atoms with Crippen molar-refractivity contribution in [3.8, 4) is 11.5 Å². The topological polar surface area (TPSA) is 94.3 Å². The maximum absolute atomic E-state index is 11.3. The highest BCUT2D eigenvalue weighted by atomic mass is 16.5. The van der Waals surface area contributed by atoms with Crippen LogP contribution in [0.2, 0.25) is 0 Å². The number of rotatable bonds is 7. The highest BCUT2D eigenvalue weighted by Crippen LogP contribution is 2.36. The van der Waals surface area contributed by atoms with Crippen molar-refractivity contribution in [2.75, 3.05) is 34.0 Å². The lowest BCUT2D eigenvalue weighted by atomic mass is 9.97. The largest absolute Gasteiger partial charge is 0.493 e. The molecule has 2 aromatic carbocycles. The summed E-state index contributed by atoms with van der Waals surface area (Å²) in [6, 6.07) is 12.9. The Hall–Kier alpha value is -2.61. The zero-order valence-corrected chi connectivity index (χ0v) is 16.1. The van der Waals surface area contributed by atoms with Crippen LogP contribution in [0.4, 0.5) is 0 Å². The molecule has 0 aliphatic carbocycles. The lowest BCUT2D eigenvalue weighted by Gasteiger charge is -2.41. The molecule has 1 aliphatic heterocycles. The van der Waals surface area contributed by atoms with Crippen LogP contribution in [-0.4, -0.2) is 56.0 Å². The Bertz CT molecular complexity index is 809. The molecule has 7 heteroatoms. The van der Waals surface area contributed by atoms with Crippen molar-refractivity contribution in [3.63, 3.8) is 0 Å². The summed E-state index contributed by atoms with van der Waals surface area (Å²) in [6.07, 6.45) is -0.350. The summed E-state index contributed by atoms with van der Waals surface area (Å²) in [5.74, 6) is 0.839. The SMILES string of the molecule is COc1ccc([C@@H]2[C@@H](CO)OCCN2Cc2ccc(C(N)=O)cc2)cc1OC. The van der Waals surface area contributed by atoms with Crippen molar-refractivity contribution in [3.05, 3.63) is 59.2 Å². The van der Waals surface area contributed by atoms with Gasteiger partial charge in [-0.15, -0.1) is 0 Å². The number of methoxy groups -OCH3 is 2. The van der Waals surface area contributed by atoms with Gasteiger partial charge in [-0.25, -0.2) is 0 Å². The minimum absolute atomic E-state index is 0.0872. The molecule has 0 aromatic heterocycles. The van der Waals surface area contributed by atoms with E-state index in [4.69, 9.17) is 19.9 Å². The van der Waals surface area contributed by atoms with Gasteiger partial charge in [-0.2, -0.15) is 0 Å². The van der Waals surface area contributed by atoms with Gasteiger partial charge in [-0.05, 0) is 35.4 Å². The highest BCUT2D eigenvalue weighted by molar-refractivity contribution is 5.92. The normalized spacial score (nSPS) is 20.0. The van der Waals surface area contributed by atoms with Crippen LogP contribution in [0.15, 0.2) is 42.5 Å². The molecular formula is C21H26N2O5. The first-order chi connectivity index (χ1) is 13.6. The van der Waals surface area contributed by atoms with Gasteiger partial charge in [0.25, 0.3) is 0 Å². The molecule has 0 bridgehead atoms. The molecule has 3 N–H and O–H groups in total. The van der Waals surface area contributed by atoms with E-state index in [1.54, 1.807) is 26.4 Å². The second-order valence-electron chi connectivity index (χ2n) is 6.68. The summed E-state index contributed by atoms with van der Waals surface area (Å²) in [5, 5.41) is 9.87. The predicted molar refractivity (Wildman–Crippen MR) is 104 cm³/mol. The number of amides is 1. The monoisotopic (exact) mass is 386 g/mol. The van der Waals surface area contributed by atoms with Crippen molar-refractivity contribution < 1.29 is 24.1 Å². The number of carbonyl (C=O) groups is 1. The van der Waals surface area contributed by atoms with Gasteiger partial charge in [0.2, 0.25) is 5.91 Å². The van der Waals surface area contributed by atoms with E-state index in [0.29, 0.717) is 36.8 Å². The van der Waals surface area contributed by atoms with E-state index in [0.717, 1.165) is 11.1 Å². The summed E-state index contributed by atoms with van der Waals surface area (Å²) < 4.78 is 16.6. The van der Waals surface area contributed by atoms with E-state index < -0.39 is 5.91 Å². The molecule has 7 nitrogen and oxygen atoms in total. The standard InChI is InChI=1S/C21H26N2O5/c1-26-17-8-7-16(11-18(17)27-2)20-19(13-24)28-10-9-23(20)12-14-3-5-15(6-4-14)21(22)25/h3-8,11,19-20,24H,9-10,12-13H2,1-2H3,(H2,22,25)/t19-,20-/m1/s1. The van der Waals surface area contributed by atoms with Crippen LogP contribution in [0.3, 0.4) is 0 Å². The lowest BCUT2D eigenvalue weighted by Crippen LogP contribution is -2.46.